The molecule has 0 aliphatic heterocycles. The third-order valence-electron chi connectivity index (χ3n) is 3.09. The molecule has 0 spiro atoms. The highest BCUT2D eigenvalue weighted by atomic mass is 35.5. The van der Waals surface area contributed by atoms with Crippen molar-refractivity contribution in [1.82, 2.24) is 20.2 Å². The molecule has 1 heterocycles. The van der Waals surface area contributed by atoms with Crippen molar-refractivity contribution in [2.24, 2.45) is 0 Å². The van der Waals surface area contributed by atoms with Crippen LogP contribution in [-0.2, 0) is 6.54 Å². The zero-order valence-electron chi connectivity index (χ0n) is 11.3. The molecule has 3 rings (SSSR count). The Hall–Kier alpha value is -2.27. The fourth-order valence-electron chi connectivity index (χ4n) is 1.93. The summed E-state index contributed by atoms with van der Waals surface area (Å²) < 4.78 is 13.0. The smallest absolute Gasteiger partial charge is 0.204 e. The summed E-state index contributed by atoms with van der Waals surface area (Å²) in [5.41, 5.74) is 2.81. The number of nitrogens with zero attached hydrogens (tertiary/aromatic N) is 4. The normalized spacial score (nSPS) is 10.8. The molecule has 0 bridgehead atoms. The van der Waals surface area contributed by atoms with Gasteiger partial charge in [-0.2, -0.15) is 4.80 Å². The van der Waals surface area contributed by atoms with Gasteiger partial charge in [0.05, 0.1) is 6.54 Å². The SMILES string of the molecule is Cc1ccc(-c2nnn(Cc3ccc(F)cc3Cl)n2)cc1. The van der Waals surface area contributed by atoms with Crippen LogP contribution in [0.5, 0.6) is 0 Å². The standard InChI is InChI=1S/C15H12ClFN4/c1-10-2-4-11(5-3-10)15-18-20-21(19-15)9-12-6-7-13(17)8-14(12)16/h2-8H,9H2,1H3. The lowest BCUT2D eigenvalue weighted by molar-refractivity contribution is 0.570. The fourth-order valence-corrected chi connectivity index (χ4v) is 2.16. The van der Waals surface area contributed by atoms with Crippen LogP contribution in [-0.4, -0.2) is 20.2 Å². The van der Waals surface area contributed by atoms with Crippen LogP contribution in [0.3, 0.4) is 0 Å². The zero-order valence-corrected chi connectivity index (χ0v) is 12.0. The first-order valence-electron chi connectivity index (χ1n) is 6.40. The first-order valence-corrected chi connectivity index (χ1v) is 6.78. The van der Waals surface area contributed by atoms with Crippen LogP contribution in [0.4, 0.5) is 4.39 Å². The lowest BCUT2D eigenvalue weighted by Crippen LogP contribution is -2.04. The van der Waals surface area contributed by atoms with E-state index in [9.17, 15) is 4.39 Å². The first kappa shape index (κ1) is 13.7. The van der Waals surface area contributed by atoms with E-state index in [2.05, 4.69) is 15.4 Å². The summed E-state index contributed by atoms with van der Waals surface area (Å²) in [6, 6.07) is 12.1. The Kier molecular flexibility index (Phi) is 3.66. The number of aromatic nitrogens is 4. The Balaban J connectivity index is 1.83. The number of rotatable bonds is 3. The van der Waals surface area contributed by atoms with Gasteiger partial charge in [0.2, 0.25) is 5.82 Å². The molecule has 2 aromatic carbocycles. The van der Waals surface area contributed by atoms with Gasteiger partial charge in [-0.05, 0) is 29.8 Å². The Morgan fingerprint density at radius 3 is 2.62 bits per heavy atom. The van der Waals surface area contributed by atoms with Gasteiger partial charge in [0.25, 0.3) is 0 Å². The van der Waals surface area contributed by atoms with Crippen LogP contribution in [0.15, 0.2) is 42.5 Å². The highest BCUT2D eigenvalue weighted by Gasteiger charge is 2.08. The van der Waals surface area contributed by atoms with Crippen molar-refractivity contribution < 1.29 is 4.39 Å². The Morgan fingerprint density at radius 2 is 1.90 bits per heavy atom. The molecule has 0 unspecified atom stereocenters. The predicted octanol–water partition coefficient (Wildman–Crippen LogP) is 3.49. The fraction of sp³-hybridized carbons (Fsp3) is 0.133. The largest absolute Gasteiger partial charge is 0.207 e. The van der Waals surface area contributed by atoms with Crippen molar-refractivity contribution in [2.75, 3.05) is 0 Å². The van der Waals surface area contributed by atoms with Crippen LogP contribution in [0.2, 0.25) is 5.02 Å². The molecule has 4 nitrogen and oxygen atoms in total. The highest BCUT2D eigenvalue weighted by Crippen LogP contribution is 2.19. The summed E-state index contributed by atoms with van der Waals surface area (Å²) in [6.07, 6.45) is 0. The summed E-state index contributed by atoms with van der Waals surface area (Å²) in [4.78, 5) is 1.44. The van der Waals surface area contributed by atoms with E-state index >= 15 is 0 Å². The van der Waals surface area contributed by atoms with Gasteiger partial charge in [-0.25, -0.2) is 4.39 Å². The third kappa shape index (κ3) is 3.08. The number of hydrogen-bond donors (Lipinski definition) is 0. The molecular weight excluding hydrogens is 291 g/mol. The summed E-state index contributed by atoms with van der Waals surface area (Å²) in [5.74, 6) is 0.184. The second kappa shape index (κ2) is 5.61. The maximum absolute atomic E-state index is 13.0. The molecule has 0 radical (unpaired) electrons. The average molecular weight is 303 g/mol. The van der Waals surface area contributed by atoms with E-state index in [-0.39, 0.29) is 5.82 Å². The second-order valence-corrected chi connectivity index (χ2v) is 5.15. The molecule has 0 fully saturated rings. The van der Waals surface area contributed by atoms with E-state index in [1.54, 1.807) is 6.07 Å². The van der Waals surface area contributed by atoms with E-state index in [1.807, 2.05) is 31.2 Å². The molecule has 0 N–H and O–H groups in total. The van der Waals surface area contributed by atoms with Crippen molar-refractivity contribution in [2.45, 2.75) is 13.5 Å². The van der Waals surface area contributed by atoms with Crippen molar-refractivity contribution in [1.29, 1.82) is 0 Å². The topological polar surface area (TPSA) is 43.6 Å². The van der Waals surface area contributed by atoms with Crippen LogP contribution in [0.25, 0.3) is 11.4 Å². The highest BCUT2D eigenvalue weighted by molar-refractivity contribution is 6.31. The molecule has 0 aliphatic rings. The van der Waals surface area contributed by atoms with Gasteiger partial charge < -0.3 is 0 Å². The Bertz CT molecular complexity index is 768. The minimum atomic E-state index is -0.365. The number of benzene rings is 2. The van der Waals surface area contributed by atoms with Gasteiger partial charge in [0, 0.05) is 10.6 Å². The molecule has 0 saturated carbocycles. The predicted molar refractivity (Wildman–Crippen MR) is 78.5 cm³/mol. The summed E-state index contributed by atoms with van der Waals surface area (Å²) in [7, 11) is 0. The molecule has 106 valence electrons. The number of aryl methyl sites for hydroxylation is 1. The van der Waals surface area contributed by atoms with Gasteiger partial charge >= 0.3 is 0 Å². The number of hydrogen-bond acceptors (Lipinski definition) is 3. The molecule has 6 heteroatoms. The minimum Gasteiger partial charge on any atom is -0.207 e. The van der Waals surface area contributed by atoms with E-state index < -0.39 is 0 Å². The van der Waals surface area contributed by atoms with Crippen LogP contribution >= 0.6 is 11.6 Å². The molecule has 0 amide bonds. The average Bonchev–Trinajstić information content (AvgIpc) is 2.91. The van der Waals surface area contributed by atoms with Gasteiger partial charge in [-0.1, -0.05) is 47.5 Å². The summed E-state index contributed by atoms with van der Waals surface area (Å²) >= 11 is 5.99. The molecule has 0 atom stereocenters. The van der Waals surface area contributed by atoms with E-state index in [0.29, 0.717) is 17.4 Å². The van der Waals surface area contributed by atoms with E-state index in [0.717, 1.165) is 11.1 Å². The molecule has 0 saturated heterocycles. The van der Waals surface area contributed by atoms with E-state index in [1.165, 1.54) is 22.5 Å². The zero-order chi connectivity index (χ0) is 14.8. The van der Waals surface area contributed by atoms with Crippen LogP contribution in [0.1, 0.15) is 11.1 Å². The van der Waals surface area contributed by atoms with Gasteiger partial charge in [-0.15, -0.1) is 10.2 Å². The maximum atomic E-state index is 13.0. The van der Waals surface area contributed by atoms with Gasteiger partial charge in [0.15, 0.2) is 0 Å². The van der Waals surface area contributed by atoms with Crippen molar-refractivity contribution in [3.8, 4) is 11.4 Å². The molecule has 1 aromatic heterocycles. The number of tetrazole rings is 1. The Labute approximate surface area is 126 Å². The minimum absolute atomic E-state index is 0.345. The number of halogens is 2. The lowest BCUT2D eigenvalue weighted by Gasteiger charge is -2.02. The second-order valence-electron chi connectivity index (χ2n) is 4.75. The van der Waals surface area contributed by atoms with Crippen molar-refractivity contribution in [3.63, 3.8) is 0 Å². The quantitative estimate of drug-likeness (QED) is 0.744. The first-order chi connectivity index (χ1) is 10.1. The maximum Gasteiger partial charge on any atom is 0.204 e. The molecular formula is C15H12ClFN4. The molecule has 21 heavy (non-hydrogen) atoms. The molecule has 0 aliphatic carbocycles. The monoisotopic (exact) mass is 302 g/mol. The van der Waals surface area contributed by atoms with Crippen LogP contribution in [0, 0.1) is 12.7 Å². The van der Waals surface area contributed by atoms with Crippen LogP contribution < -0.4 is 0 Å². The van der Waals surface area contributed by atoms with Crippen molar-refractivity contribution >= 4 is 11.6 Å². The lowest BCUT2D eigenvalue weighted by atomic mass is 10.1. The third-order valence-corrected chi connectivity index (χ3v) is 3.44. The molecule has 3 aromatic rings. The van der Waals surface area contributed by atoms with Gasteiger partial charge in [0.1, 0.15) is 5.82 Å². The van der Waals surface area contributed by atoms with E-state index in [4.69, 9.17) is 11.6 Å². The summed E-state index contributed by atoms with van der Waals surface area (Å²) in [5, 5.41) is 12.7. The van der Waals surface area contributed by atoms with Crippen molar-refractivity contribution in [3.05, 3.63) is 64.4 Å². The summed E-state index contributed by atoms with van der Waals surface area (Å²) in [6.45, 7) is 2.36. The Morgan fingerprint density at radius 1 is 1.14 bits per heavy atom. The van der Waals surface area contributed by atoms with Gasteiger partial charge in [-0.3, -0.25) is 0 Å².